The molecule has 0 saturated carbocycles. The average Bonchev–Trinajstić information content (AvgIpc) is 2.99. The molecule has 0 saturated heterocycles. The molecule has 21 heavy (non-hydrogen) atoms. The molecule has 0 aliphatic rings. The molecular formula is C14H16N2O4S. The molecule has 1 amide bonds. The van der Waals surface area contributed by atoms with Crippen molar-refractivity contribution in [3.05, 3.63) is 53.8 Å². The lowest BCUT2D eigenvalue weighted by Gasteiger charge is -2.12. The Labute approximate surface area is 123 Å². The molecule has 1 atom stereocenters. The lowest BCUT2D eigenvalue weighted by Crippen LogP contribution is -2.26. The lowest BCUT2D eigenvalue weighted by molar-refractivity contribution is 0.0906. The molecule has 0 radical (unpaired) electrons. The van der Waals surface area contributed by atoms with Gasteiger partial charge in [0, 0.05) is 0 Å². The molecule has 2 rings (SSSR count). The van der Waals surface area contributed by atoms with Gasteiger partial charge in [0.2, 0.25) is 5.09 Å². The molecule has 0 aliphatic heterocycles. The van der Waals surface area contributed by atoms with Crippen molar-refractivity contribution in [1.29, 1.82) is 0 Å². The summed E-state index contributed by atoms with van der Waals surface area (Å²) in [6.07, 6.45) is 0. The number of benzene rings is 1. The van der Waals surface area contributed by atoms with Gasteiger partial charge in [-0.15, -0.1) is 0 Å². The summed E-state index contributed by atoms with van der Waals surface area (Å²) in [5.74, 6) is -0.518. The Morgan fingerprint density at radius 1 is 1.14 bits per heavy atom. The van der Waals surface area contributed by atoms with Crippen LogP contribution >= 0.6 is 0 Å². The Hall–Kier alpha value is -2.12. The second-order valence-corrected chi connectivity index (χ2v) is 6.25. The summed E-state index contributed by atoms with van der Waals surface area (Å²) in [7, 11) is -2.42. The molecule has 1 aromatic heterocycles. The van der Waals surface area contributed by atoms with Gasteiger partial charge < -0.3 is 9.73 Å². The first-order chi connectivity index (χ1) is 9.94. The summed E-state index contributed by atoms with van der Waals surface area (Å²) >= 11 is 0. The van der Waals surface area contributed by atoms with E-state index < -0.39 is 15.9 Å². The van der Waals surface area contributed by atoms with Crippen LogP contribution in [0, 0.1) is 0 Å². The number of sulfonamides is 1. The highest BCUT2D eigenvalue weighted by Crippen LogP contribution is 2.16. The number of amides is 1. The summed E-state index contributed by atoms with van der Waals surface area (Å²) < 4.78 is 30.3. The fourth-order valence-corrected chi connectivity index (χ4v) is 2.43. The first kappa shape index (κ1) is 15.3. The molecule has 0 bridgehead atoms. The van der Waals surface area contributed by atoms with Gasteiger partial charge in [-0.05, 0) is 31.7 Å². The zero-order valence-electron chi connectivity index (χ0n) is 11.7. The topological polar surface area (TPSA) is 88.4 Å². The number of furan rings is 1. The minimum Gasteiger partial charge on any atom is -0.438 e. The van der Waals surface area contributed by atoms with Crippen molar-refractivity contribution in [1.82, 2.24) is 10.0 Å². The Bertz CT molecular complexity index is 722. The SMILES string of the molecule is CNS(=O)(=O)c1ccc(C(=O)NC(C)c2ccccc2)o1. The van der Waals surface area contributed by atoms with Crippen LogP contribution in [0.3, 0.4) is 0 Å². The number of hydrogen-bond donors (Lipinski definition) is 2. The van der Waals surface area contributed by atoms with Gasteiger partial charge in [-0.2, -0.15) is 0 Å². The first-order valence-electron chi connectivity index (χ1n) is 6.33. The van der Waals surface area contributed by atoms with Crippen molar-refractivity contribution < 1.29 is 17.6 Å². The molecule has 1 heterocycles. The monoisotopic (exact) mass is 308 g/mol. The molecule has 0 aliphatic carbocycles. The van der Waals surface area contributed by atoms with E-state index >= 15 is 0 Å². The van der Waals surface area contributed by atoms with Crippen LogP contribution in [0.15, 0.2) is 52.0 Å². The van der Waals surface area contributed by atoms with Crippen molar-refractivity contribution in [3.8, 4) is 0 Å². The van der Waals surface area contributed by atoms with Crippen molar-refractivity contribution >= 4 is 15.9 Å². The van der Waals surface area contributed by atoms with E-state index in [-0.39, 0.29) is 16.9 Å². The summed E-state index contributed by atoms with van der Waals surface area (Å²) in [4.78, 5) is 12.0. The quantitative estimate of drug-likeness (QED) is 0.879. The Balaban J connectivity index is 2.11. The van der Waals surface area contributed by atoms with Gasteiger partial charge in [-0.3, -0.25) is 4.79 Å². The van der Waals surface area contributed by atoms with E-state index in [1.165, 1.54) is 19.2 Å². The van der Waals surface area contributed by atoms with Gasteiger partial charge in [-0.1, -0.05) is 30.3 Å². The predicted molar refractivity (Wildman–Crippen MR) is 77.3 cm³/mol. The summed E-state index contributed by atoms with van der Waals surface area (Å²) in [6, 6.07) is 11.8. The molecule has 0 spiro atoms. The molecule has 1 unspecified atom stereocenters. The normalized spacial score (nSPS) is 12.9. The van der Waals surface area contributed by atoms with E-state index in [1.807, 2.05) is 37.3 Å². The number of nitrogens with one attached hydrogen (secondary N) is 2. The fraction of sp³-hybridized carbons (Fsp3) is 0.214. The molecule has 0 fully saturated rings. The molecule has 2 N–H and O–H groups in total. The van der Waals surface area contributed by atoms with Crippen LogP contribution in [0.5, 0.6) is 0 Å². The standard InChI is InChI=1S/C14H16N2O4S/c1-10(11-6-4-3-5-7-11)16-14(17)12-8-9-13(20-12)21(18,19)15-2/h3-10,15H,1-2H3,(H,16,17). The second-order valence-electron chi connectivity index (χ2n) is 4.43. The van der Waals surface area contributed by atoms with Crippen molar-refractivity contribution in [3.63, 3.8) is 0 Å². The van der Waals surface area contributed by atoms with E-state index in [2.05, 4.69) is 10.0 Å². The zero-order chi connectivity index (χ0) is 15.5. The highest BCUT2D eigenvalue weighted by Gasteiger charge is 2.20. The highest BCUT2D eigenvalue weighted by molar-refractivity contribution is 7.89. The third-order valence-corrected chi connectivity index (χ3v) is 4.27. The van der Waals surface area contributed by atoms with E-state index in [0.717, 1.165) is 5.56 Å². The van der Waals surface area contributed by atoms with Gasteiger partial charge in [0.15, 0.2) is 5.76 Å². The van der Waals surface area contributed by atoms with Crippen LogP contribution in [0.25, 0.3) is 0 Å². The van der Waals surface area contributed by atoms with E-state index in [0.29, 0.717) is 0 Å². The van der Waals surface area contributed by atoms with Gasteiger partial charge in [0.25, 0.3) is 15.9 Å². The third kappa shape index (κ3) is 3.50. The Morgan fingerprint density at radius 2 is 1.81 bits per heavy atom. The van der Waals surface area contributed by atoms with Crippen LogP contribution in [0.4, 0.5) is 0 Å². The minimum absolute atomic E-state index is 0.0494. The average molecular weight is 308 g/mol. The van der Waals surface area contributed by atoms with E-state index in [4.69, 9.17) is 4.42 Å². The van der Waals surface area contributed by atoms with Gasteiger partial charge >= 0.3 is 0 Å². The molecule has 2 aromatic rings. The van der Waals surface area contributed by atoms with Gasteiger partial charge in [0.1, 0.15) is 0 Å². The second kappa shape index (κ2) is 6.11. The minimum atomic E-state index is -3.69. The van der Waals surface area contributed by atoms with Crippen molar-refractivity contribution in [2.24, 2.45) is 0 Å². The van der Waals surface area contributed by atoms with Crippen LogP contribution in [-0.2, 0) is 10.0 Å². The molecule has 6 nitrogen and oxygen atoms in total. The number of carbonyl (C=O) groups is 1. The number of hydrogen-bond acceptors (Lipinski definition) is 4. The molecular weight excluding hydrogens is 292 g/mol. The smallest absolute Gasteiger partial charge is 0.287 e. The zero-order valence-corrected chi connectivity index (χ0v) is 12.5. The van der Waals surface area contributed by atoms with Crippen LogP contribution in [-0.4, -0.2) is 21.4 Å². The highest BCUT2D eigenvalue weighted by atomic mass is 32.2. The van der Waals surface area contributed by atoms with Crippen LogP contribution in [0.1, 0.15) is 29.1 Å². The largest absolute Gasteiger partial charge is 0.438 e. The van der Waals surface area contributed by atoms with Gasteiger partial charge in [-0.25, -0.2) is 13.1 Å². The van der Waals surface area contributed by atoms with E-state index in [9.17, 15) is 13.2 Å². The molecule has 112 valence electrons. The van der Waals surface area contributed by atoms with E-state index in [1.54, 1.807) is 0 Å². The third-order valence-electron chi connectivity index (χ3n) is 2.99. The fourth-order valence-electron chi connectivity index (χ4n) is 1.78. The predicted octanol–water partition coefficient (Wildman–Crippen LogP) is 1.68. The van der Waals surface area contributed by atoms with Crippen molar-refractivity contribution in [2.75, 3.05) is 7.05 Å². The van der Waals surface area contributed by atoms with Crippen molar-refractivity contribution in [2.45, 2.75) is 18.1 Å². The summed E-state index contributed by atoms with van der Waals surface area (Å²) in [5.41, 5.74) is 0.945. The maximum Gasteiger partial charge on any atom is 0.287 e. The maximum absolute atomic E-state index is 12.0. The summed E-state index contributed by atoms with van der Waals surface area (Å²) in [5, 5.41) is 2.46. The Morgan fingerprint density at radius 3 is 2.43 bits per heavy atom. The number of carbonyl (C=O) groups excluding carboxylic acids is 1. The molecule has 1 aromatic carbocycles. The van der Waals surface area contributed by atoms with Crippen LogP contribution in [0.2, 0.25) is 0 Å². The van der Waals surface area contributed by atoms with Gasteiger partial charge in [0.05, 0.1) is 6.04 Å². The molecule has 7 heteroatoms. The first-order valence-corrected chi connectivity index (χ1v) is 7.81. The Kier molecular flexibility index (Phi) is 4.44. The van der Waals surface area contributed by atoms with Crippen LogP contribution < -0.4 is 10.0 Å². The lowest BCUT2D eigenvalue weighted by atomic mass is 10.1. The summed E-state index contributed by atoms with van der Waals surface area (Å²) in [6.45, 7) is 1.83. The maximum atomic E-state index is 12.0. The number of rotatable bonds is 5.